The highest BCUT2D eigenvalue weighted by molar-refractivity contribution is 6.21. The molecule has 2 N–H and O–H groups in total. The molecule has 0 bridgehead atoms. The molecule has 0 aromatic heterocycles. The Morgan fingerprint density at radius 1 is 1.12 bits per heavy atom. The molecule has 0 saturated carbocycles. The van der Waals surface area contributed by atoms with Crippen molar-refractivity contribution in [1.82, 2.24) is 0 Å². The van der Waals surface area contributed by atoms with Crippen LogP contribution in [-0.2, 0) is 14.3 Å². The first-order chi connectivity index (χ1) is 11.9. The second-order valence-corrected chi connectivity index (χ2v) is 5.63. The number of hydrogen-bond donors (Lipinski definition) is 2. The standard InChI is InChI=1S/C18H16O7/c1-2-24-14(20)8-13(19)16(21)10-6-7-12-15-9(10)4-3-5-11(15)17(22)25-18(12)23/h3-7,13,16,19,21H,2,8H2,1H3. The molecule has 0 aliphatic carbocycles. The number of aliphatic hydroxyl groups excluding tert-OH is 2. The number of carbonyl (C=O) groups is 3. The van der Waals surface area contributed by atoms with Crippen LogP contribution in [0.3, 0.4) is 0 Å². The van der Waals surface area contributed by atoms with Gasteiger partial charge in [-0.15, -0.1) is 0 Å². The highest BCUT2D eigenvalue weighted by Crippen LogP contribution is 2.34. The Hall–Kier alpha value is -2.77. The Balaban J connectivity index is 2.04. The van der Waals surface area contributed by atoms with E-state index in [0.717, 1.165) is 0 Å². The summed E-state index contributed by atoms with van der Waals surface area (Å²) in [6.07, 6.45) is -3.15. The molecule has 2 unspecified atom stereocenters. The molecule has 2 aromatic carbocycles. The molecule has 2 aromatic rings. The zero-order valence-electron chi connectivity index (χ0n) is 13.4. The lowest BCUT2D eigenvalue weighted by Crippen LogP contribution is -2.24. The summed E-state index contributed by atoms with van der Waals surface area (Å²) < 4.78 is 9.44. The number of ether oxygens (including phenoxy) is 2. The predicted octanol–water partition coefficient (Wildman–Crippen LogP) is 1.50. The number of hydrogen-bond acceptors (Lipinski definition) is 7. The van der Waals surface area contributed by atoms with Crippen LogP contribution in [0.25, 0.3) is 10.8 Å². The molecule has 3 rings (SSSR count). The Labute approximate surface area is 142 Å². The summed E-state index contributed by atoms with van der Waals surface area (Å²) in [5.74, 6) is -2.15. The van der Waals surface area contributed by atoms with Crippen LogP contribution in [0, 0.1) is 0 Å². The van der Waals surface area contributed by atoms with Crippen molar-refractivity contribution >= 4 is 28.7 Å². The molecule has 0 amide bonds. The summed E-state index contributed by atoms with van der Waals surface area (Å²) in [7, 11) is 0. The molecule has 0 spiro atoms. The van der Waals surface area contributed by atoms with Gasteiger partial charge in [0.1, 0.15) is 6.10 Å². The van der Waals surface area contributed by atoms with Gasteiger partial charge >= 0.3 is 17.9 Å². The molecular weight excluding hydrogens is 328 g/mol. The van der Waals surface area contributed by atoms with E-state index in [4.69, 9.17) is 4.74 Å². The highest BCUT2D eigenvalue weighted by atomic mass is 16.6. The van der Waals surface area contributed by atoms with E-state index in [1.165, 1.54) is 18.2 Å². The van der Waals surface area contributed by atoms with E-state index < -0.39 is 30.1 Å². The molecule has 25 heavy (non-hydrogen) atoms. The van der Waals surface area contributed by atoms with Crippen LogP contribution in [-0.4, -0.2) is 40.8 Å². The van der Waals surface area contributed by atoms with Gasteiger partial charge in [-0.3, -0.25) is 4.79 Å². The first-order valence-corrected chi connectivity index (χ1v) is 7.78. The van der Waals surface area contributed by atoms with E-state index in [9.17, 15) is 24.6 Å². The number of carbonyl (C=O) groups excluding carboxylic acids is 3. The molecule has 1 aliphatic heterocycles. The third-order valence-corrected chi connectivity index (χ3v) is 4.06. The molecule has 7 nitrogen and oxygen atoms in total. The maximum Gasteiger partial charge on any atom is 0.346 e. The van der Waals surface area contributed by atoms with Gasteiger partial charge in [-0.25, -0.2) is 9.59 Å². The van der Waals surface area contributed by atoms with E-state index in [1.807, 2.05) is 0 Å². The fraction of sp³-hybridized carbons (Fsp3) is 0.278. The Kier molecular flexibility index (Phi) is 4.52. The van der Waals surface area contributed by atoms with Crippen molar-refractivity contribution in [2.75, 3.05) is 6.61 Å². The summed E-state index contributed by atoms with van der Waals surface area (Å²) in [6, 6.07) is 7.63. The second-order valence-electron chi connectivity index (χ2n) is 5.63. The summed E-state index contributed by atoms with van der Waals surface area (Å²) in [5.41, 5.74) is 0.724. The van der Waals surface area contributed by atoms with Gasteiger partial charge in [0.05, 0.1) is 30.3 Å². The summed E-state index contributed by atoms with van der Waals surface area (Å²) in [4.78, 5) is 35.3. The van der Waals surface area contributed by atoms with Crippen LogP contribution < -0.4 is 0 Å². The van der Waals surface area contributed by atoms with Crippen molar-refractivity contribution in [1.29, 1.82) is 0 Å². The number of esters is 3. The average molecular weight is 344 g/mol. The number of cyclic esters (lactones) is 2. The minimum Gasteiger partial charge on any atom is -0.466 e. The van der Waals surface area contributed by atoms with Gasteiger partial charge in [0.2, 0.25) is 0 Å². The van der Waals surface area contributed by atoms with Crippen molar-refractivity contribution in [3.63, 3.8) is 0 Å². The van der Waals surface area contributed by atoms with Gasteiger partial charge in [0.25, 0.3) is 0 Å². The summed E-state index contributed by atoms with van der Waals surface area (Å²) >= 11 is 0. The zero-order valence-corrected chi connectivity index (χ0v) is 13.4. The molecule has 2 atom stereocenters. The lowest BCUT2D eigenvalue weighted by atomic mass is 9.90. The third-order valence-electron chi connectivity index (χ3n) is 4.06. The summed E-state index contributed by atoms with van der Waals surface area (Å²) in [6.45, 7) is 1.82. The van der Waals surface area contributed by atoms with Gasteiger partial charge in [-0.2, -0.15) is 0 Å². The van der Waals surface area contributed by atoms with Crippen LogP contribution in [0.4, 0.5) is 0 Å². The fourth-order valence-corrected chi connectivity index (χ4v) is 2.93. The topological polar surface area (TPSA) is 110 Å². The van der Waals surface area contributed by atoms with Crippen LogP contribution in [0.5, 0.6) is 0 Å². The lowest BCUT2D eigenvalue weighted by molar-refractivity contribution is -0.147. The molecule has 0 fully saturated rings. The number of aliphatic hydroxyl groups is 2. The fourth-order valence-electron chi connectivity index (χ4n) is 2.93. The SMILES string of the molecule is CCOC(=O)CC(O)C(O)c1ccc2c3c(cccc13)C(=O)OC2=O. The lowest BCUT2D eigenvalue weighted by Gasteiger charge is -2.22. The second kappa shape index (κ2) is 6.62. The Bertz CT molecular complexity index is 851. The van der Waals surface area contributed by atoms with Crippen molar-refractivity contribution < 1.29 is 34.1 Å². The van der Waals surface area contributed by atoms with Crippen molar-refractivity contribution in [3.05, 3.63) is 47.0 Å². The molecule has 0 saturated heterocycles. The smallest absolute Gasteiger partial charge is 0.346 e. The Morgan fingerprint density at radius 3 is 2.48 bits per heavy atom. The van der Waals surface area contributed by atoms with Crippen LogP contribution in [0.15, 0.2) is 30.3 Å². The largest absolute Gasteiger partial charge is 0.466 e. The van der Waals surface area contributed by atoms with Gasteiger partial charge in [-0.05, 0) is 30.0 Å². The average Bonchev–Trinajstić information content (AvgIpc) is 2.58. The predicted molar refractivity (Wildman–Crippen MR) is 85.9 cm³/mol. The van der Waals surface area contributed by atoms with E-state index in [0.29, 0.717) is 16.3 Å². The molecule has 1 aliphatic rings. The highest BCUT2D eigenvalue weighted by Gasteiger charge is 2.30. The molecular formula is C18H16O7. The normalized spacial score (nSPS) is 15.6. The maximum atomic E-state index is 11.9. The number of rotatable bonds is 5. The van der Waals surface area contributed by atoms with Crippen molar-refractivity contribution in [2.45, 2.75) is 25.6 Å². The first kappa shape index (κ1) is 17.1. The minimum atomic E-state index is -1.39. The van der Waals surface area contributed by atoms with Crippen LogP contribution >= 0.6 is 0 Å². The summed E-state index contributed by atoms with van der Waals surface area (Å²) in [5, 5.41) is 21.4. The number of benzene rings is 2. The van der Waals surface area contributed by atoms with Crippen molar-refractivity contribution in [3.8, 4) is 0 Å². The first-order valence-electron chi connectivity index (χ1n) is 7.78. The quantitative estimate of drug-likeness (QED) is 0.624. The molecule has 0 radical (unpaired) electrons. The van der Waals surface area contributed by atoms with Gasteiger partial charge in [0.15, 0.2) is 0 Å². The van der Waals surface area contributed by atoms with E-state index in [2.05, 4.69) is 4.74 Å². The molecule has 7 heteroatoms. The maximum absolute atomic E-state index is 11.9. The van der Waals surface area contributed by atoms with Crippen molar-refractivity contribution in [2.24, 2.45) is 0 Å². The van der Waals surface area contributed by atoms with Crippen LogP contribution in [0.1, 0.15) is 45.7 Å². The van der Waals surface area contributed by atoms with Gasteiger partial charge < -0.3 is 19.7 Å². The monoisotopic (exact) mass is 344 g/mol. The minimum absolute atomic E-state index is 0.173. The third kappa shape index (κ3) is 2.99. The van der Waals surface area contributed by atoms with E-state index >= 15 is 0 Å². The molecule has 130 valence electrons. The molecule has 1 heterocycles. The Morgan fingerprint density at radius 2 is 1.80 bits per heavy atom. The zero-order chi connectivity index (χ0) is 18.1. The van der Waals surface area contributed by atoms with Gasteiger partial charge in [-0.1, -0.05) is 18.2 Å². The van der Waals surface area contributed by atoms with E-state index in [-0.39, 0.29) is 24.2 Å². The van der Waals surface area contributed by atoms with Crippen LogP contribution in [0.2, 0.25) is 0 Å². The van der Waals surface area contributed by atoms with E-state index in [1.54, 1.807) is 19.1 Å². The van der Waals surface area contributed by atoms with Gasteiger partial charge in [0, 0.05) is 5.39 Å².